The summed E-state index contributed by atoms with van der Waals surface area (Å²) in [7, 11) is 1.99. The molecule has 5 heterocycles. The summed E-state index contributed by atoms with van der Waals surface area (Å²) >= 11 is 0. The molecule has 1 aromatic carbocycles. The summed E-state index contributed by atoms with van der Waals surface area (Å²) in [5.74, 6) is -4.46. The number of aliphatic hydroxyl groups is 1. The Bertz CT molecular complexity index is 1610. The van der Waals surface area contributed by atoms with Crippen molar-refractivity contribution in [1.29, 1.82) is 0 Å². The molecule has 224 valence electrons. The van der Waals surface area contributed by atoms with Crippen LogP contribution in [0.5, 0.6) is 5.75 Å². The zero-order valence-corrected chi connectivity index (χ0v) is 23.8. The highest BCUT2D eigenvalue weighted by Gasteiger charge is 2.60. The number of hydrogen-bond acceptors (Lipinski definition) is 9. The monoisotopic (exact) mass is 584 g/mol. The molecule has 0 saturated carbocycles. The molecule has 12 nitrogen and oxygen atoms in total. The van der Waals surface area contributed by atoms with Gasteiger partial charge in [0.25, 0.3) is 0 Å². The number of carboxylic acid groups (broad SMARTS) is 1. The quantitative estimate of drug-likeness (QED) is 0.376. The molecule has 2 unspecified atom stereocenters. The summed E-state index contributed by atoms with van der Waals surface area (Å²) in [6, 6.07) is 0.297. The van der Waals surface area contributed by atoms with Crippen molar-refractivity contribution in [3.63, 3.8) is 0 Å². The van der Waals surface area contributed by atoms with E-state index < -0.39 is 59.7 Å². The fourth-order valence-electron chi connectivity index (χ4n) is 6.74. The van der Waals surface area contributed by atoms with Gasteiger partial charge >= 0.3 is 11.9 Å². The number of rotatable bonds is 6. The fraction of sp³-hybridized carbons (Fsp3) is 0.517. The number of aromatic nitrogens is 1. The first-order valence-corrected chi connectivity index (χ1v) is 14.0. The van der Waals surface area contributed by atoms with Gasteiger partial charge in [-0.15, -0.1) is 0 Å². The van der Waals surface area contributed by atoms with Gasteiger partial charge < -0.3 is 39.0 Å². The second-order valence-corrected chi connectivity index (χ2v) is 11.7. The Labute approximate surface area is 240 Å². The highest BCUT2D eigenvalue weighted by molar-refractivity contribution is 6.01. The number of esters is 1. The summed E-state index contributed by atoms with van der Waals surface area (Å²) in [6.45, 7) is 7.44. The number of ether oxygens (including phenoxy) is 2. The lowest BCUT2D eigenvalue weighted by molar-refractivity contribution is -0.163. The molecule has 6 rings (SSSR count). The molecule has 0 spiro atoms. The first kappa shape index (κ1) is 28.2. The minimum Gasteiger partial charge on any atom is -0.487 e. The Morgan fingerprint density at radius 1 is 1.19 bits per heavy atom. The van der Waals surface area contributed by atoms with Gasteiger partial charge in [-0.25, -0.2) is 14.0 Å². The van der Waals surface area contributed by atoms with Crippen molar-refractivity contribution >= 4 is 34.4 Å². The summed E-state index contributed by atoms with van der Waals surface area (Å²) in [4.78, 5) is 56.7. The summed E-state index contributed by atoms with van der Waals surface area (Å²) in [6.07, 6.45) is 0.418. The third-order valence-corrected chi connectivity index (χ3v) is 9.06. The highest BCUT2D eigenvalue weighted by atomic mass is 19.1. The molecule has 2 N–H and O–H groups in total. The third kappa shape index (κ3) is 4.09. The predicted octanol–water partition coefficient (Wildman–Crippen LogP) is 1.20. The molecule has 0 bridgehead atoms. The molecule has 1 aromatic heterocycles. The van der Waals surface area contributed by atoms with Crippen LogP contribution in [0.1, 0.15) is 37.2 Å². The van der Waals surface area contributed by atoms with E-state index in [4.69, 9.17) is 9.47 Å². The molecule has 4 aliphatic heterocycles. The molecule has 0 radical (unpaired) electrons. The molecule has 2 aromatic rings. The Kier molecular flexibility index (Phi) is 6.76. The zero-order chi connectivity index (χ0) is 30.2. The van der Waals surface area contributed by atoms with Crippen LogP contribution >= 0.6 is 0 Å². The molecule has 0 aliphatic carbocycles. The van der Waals surface area contributed by atoms with Crippen molar-refractivity contribution in [1.82, 2.24) is 14.4 Å². The molecular formula is C29H33FN4O8. The van der Waals surface area contributed by atoms with E-state index in [0.29, 0.717) is 24.3 Å². The lowest BCUT2D eigenvalue weighted by atomic mass is 9.78. The Morgan fingerprint density at radius 2 is 1.88 bits per heavy atom. The Hall–Kier alpha value is -3.97. The lowest BCUT2D eigenvalue weighted by Gasteiger charge is -2.46. The normalized spacial score (nSPS) is 26.2. The zero-order valence-electron chi connectivity index (χ0n) is 23.8. The lowest BCUT2D eigenvalue weighted by Crippen LogP contribution is -2.63. The number of piperazine rings is 1. The van der Waals surface area contributed by atoms with Crippen LogP contribution in [0.2, 0.25) is 0 Å². The van der Waals surface area contributed by atoms with Crippen LogP contribution in [0.4, 0.5) is 10.1 Å². The van der Waals surface area contributed by atoms with E-state index in [-0.39, 0.29) is 40.6 Å². The molecular weight excluding hydrogens is 551 g/mol. The van der Waals surface area contributed by atoms with E-state index in [9.17, 15) is 29.4 Å². The van der Waals surface area contributed by atoms with Gasteiger partial charge in [-0.05, 0) is 27.0 Å². The second-order valence-electron chi connectivity index (χ2n) is 11.7. The van der Waals surface area contributed by atoms with Gasteiger partial charge in [0.2, 0.25) is 11.3 Å². The molecule has 5 atom stereocenters. The van der Waals surface area contributed by atoms with Gasteiger partial charge in [-0.3, -0.25) is 9.59 Å². The number of fused-ring (bicyclic) bond motifs is 1. The maximum Gasteiger partial charge on any atom is 0.352 e. The highest BCUT2D eigenvalue weighted by Crippen LogP contribution is 2.47. The number of hydrogen-bond donors (Lipinski definition) is 2. The number of halogens is 1. The van der Waals surface area contributed by atoms with Crippen LogP contribution < -0.4 is 15.1 Å². The smallest absolute Gasteiger partial charge is 0.352 e. The molecule has 13 heteroatoms. The standard InChI is InChI=1S/C29H33FN4O8/c1-13-11-41-26-22-16(9-19(30)24(26)32-7-5-31(4)6-8-32)25(36)17(10-33(13)22)29(40)42-12-18-14(2)21-20(15(3)35)27(37)34(21)23(18)28(38)39/h9-10,13-15,20-21,35H,5-8,11-12H2,1-4H3,(H,38,39)/t13?,14-,15?,20+,21+/m0/s1. The second kappa shape index (κ2) is 10.1. The first-order valence-electron chi connectivity index (χ1n) is 14.0. The number of aliphatic carboxylic acids is 1. The Morgan fingerprint density at radius 3 is 2.52 bits per heavy atom. The topological polar surface area (TPSA) is 142 Å². The van der Waals surface area contributed by atoms with Crippen molar-refractivity contribution in [2.45, 2.75) is 39.0 Å². The minimum absolute atomic E-state index is 0.0180. The number of carboxylic acids is 1. The number of β-lactam (4-membered cyclic amide) rings is 1. The van der Waals surface area contributed by atoms with Crippen molar-refractivity contribution < 1.29 is 38.5 Å². The van der Waals surface area contributed by atoms with E-state index in [1.807, 2.05) is 18.9 Å². The maximum absolute atomic E-state index is 15.6. The maximum atomic E-state index is 15.6. The number of amides is 1. The minimum atomic E-state index is -1.35. The number of carbonyl (C=O) groups excluding carboxylic acids is 2. The van der Waals surface area contributed by atoms with Crippen LogP contribution in [0.3, 0.4) is 0 Å². The number of pyridine rings is 1. The SMILES string of the molecule is CC(O)[C@H]1C(=O)N2C(C(=O)O)=C(COC(=O)c3cn4c5c(c(N6CCN(C)CC6)c(F)cc5c3=O)OCC4C)[C@H](C)[C@H]12. The summed E-state index contributed by atoms with van der Waals surface area (Å²) in [5, 5.41) is 19.9. The van der Waals surface area contributed by atoms with Crippen LogP contribution in [-0.2, 0) is 14.3 Å². The number of carbonyl (C=O) groups is 3. The van der Waals surface area contributed by atoms with E-state index in [2.05, 4.69) is 4.90 Å². The molecule has 2 saturated heterocycles. The summed E-state index contributed by atoms with van der Waals surface area (Å²) in [5.41, 5.74) is -0.415. The molecule has 2 fully saturated rings. The number of aliphatic hydroxyl groups excluding tert-OH is 1. The Balaban J connectivity index is 1.34. The largest absolute Gasteiger partial charge is 0.487 e. The van der Waals surface area contributed by atoms with Crippen molar-refractivity contribution in [2.24, 2.45) is 11.8 Å². The third-order valence-electron chi connectivity index (χ3n) is 9.06. The van der Waals surface area contributed by atoms with E-state index in [1.165, 1.54) is 13.1 Å². The first-order chi connectivity index (χ1) is 19.9. The van der Waals surface area contributed by atoms with Gasteiger partial charge in [0.05, 0.1) is 35.0 Å². The number of likely N-dealkylation sites (N-methyl/N-ethyl adjacent to an activating group) is 1. The average Bonchev–Trinajstić information content (AvgIpc) is 3.18. The van der Waals surface area contributed by atoms with Gasteiger partial charge in [-0.2, -0.15) is 0 Å². The van der Waals surface area contributed by atoms with Crippen molar-refractivity contribution in [3.05, 3.63) is 45.1 Å². The van der Waals surface area contributed by atoms with E-state index in [0.717, 1.165) is 24.1 Å². The molecule has 42 heavy (non-hydrogen) atoms. The van der Waals surface area contributed by atoms with Crippen molar-refractivity contribution in [3.8, 4) is 5.75 Å². The number of benzene rings is 1. The van der Waals surface area contributed by atoms with Gasteiger partial charge in [0.15, 0.2) is 11.6 Å². The number of anilines is 1. The molecule has 4 aliphatic rings. The van der Waals surface area contributed by atoms with Gasteiger partial charge in [0, 0.05) is 43.9 Å². The summed E-state index contributed by atoms with van der Waals surface area (Å²) < 4.78 is 28.8. The van der Waals surface area contributed by atoms with Gasteiger partial charge in [-0.1, -0.05) is 6.92 Å². The van der Waals surface area contributed by atoms with Gasteiger partial charge in [0.1, 0.15) is 30.2 Å². The van der Waals surface area contributed by atoms with E-state index >= 15 is 4.39 Å². The average molecular weight is 585 g/mol. The van der Waals surface area contributed by atoms with Crippen LogP contribution in [0.15, 0.2) is 28.3 Å². The van der Waals surface area contributed by atoms with Crippen LogP contribution in [0.25, 0.3) is 10.9 Å². The predicted molar refractivity (Wildman–Crippen MR) is 148 cm³/mol. The fourth-order valence-corrected chi connectivity index (χ4v) is 6.74. The molecule has 1 amide bonds. The van der Waals surface area contributed by atoms with Crippen LogP contribution in [0, 0.1) is 17.7 Å². The van der Waals surface area contributed by atoms with E-state index in [1.54, 1.807) is 11.5 Å². The van der Waals surface area contributed by atoms with Crippen LogP contribution in [-0.4, -0.2) is 101 Å². The number of nitrogens with zero attached hydrogens (tertiary/aromatic N) is 4. The van der Waals surface area contributed by atoms with Crippen molar-refractivity contribution in [2.75, 3.05) is 51.3 Å².